The van der Waals surface area contributed by atoms with Crippen LogP contribution < -0.4 is 4.74 Å². The van der Waals surface area contributed by atoms with Crippen LogP contribution in [0.15, 0.2) is 54.6 Å². The van der Waals surface area contributed by atoms with E-state index in [1.54, 1.807) is 12.1 Å². The zero-order valence-corrected chi connectivity index (χ0v) is 19.2. The van der Waals surface area contributed by atoms with Crippen molar-refractivity contribution in [1.82, 2.24) is 0 Å². The third kappa shape index (κ3) is 5.55. The summed E-state index contributed by atoms with van der Waals surface area (Å²) in [4.78, 5) is 0. The zero-order chi connectivity index (χ0) is 24.1. The van der Waals surface area contributed by atoms with Crippen LogP contribution in [0.2, 0.25) is 0 Å². The first-order chi connectivity index (χ1) is 16.5. The Morgan fingerprint density at radius 3 is 2.29 bits per heavy atom. The molecule has 1 aliphatic carbocycles. The summed E-state index contributed by atoms with van der Waals surface area (Å²) in [6, 6.07) is 14.2. The van der Waals surface area contributed by atoms with Gasteiger partial charge in [0, 0.05) is 17.7 Å². The van der Waals surface area contributed by atoms with Gasteiger partial charge in [0.2, 0.25) is 5.82 Å². The van der Waals surface area contributed by atoms with Crippen molar-refractivity contribution in [1.29, 1.82) is 0 Å². The average Bonchev–Trinajstić information content (AvgIpc) is 2.85. The van der Waals surface area contributed by atoms with Crippen molar-refractivity contribution < 1.29 is 27.8 Å². The third-order valence-corrected chi connectivity index (χ3v) is 6.56. The predicted octanol–water partition coefficient (Wildman–Crippen LogP) is 7.37. The maximum atomic E-state index is 14.6. The van der Waals surface area contributed by atoms with Crippen molar-refractivity contribution in [2.75, 3.05) is 13.2 Å². The second-order valence-electron chi connectivity index (χ2n) is 8.80. The van der Waals surface area contributed by atoms with Crippen LogP contribution in [0.1, 0.15) is 49.7 Å². The van der Waals surface area contributed by atoms with E-state index in [4.69, 9.17) is 9.47 Å². The molecule has 0 bridgehead atoms. The molecule has 0 radical (unpaired) electrons. The van der Waals surface area contributed by atoms with Gasteiger partial charge in [-0.15, -0.1) is 0 Å². The summed E-state index contributed by atoms with van der Waals surface area (Å²) in [6.07, 6.45) is 3.55. The van der Waals surface area contributed by atoms with Gasteiger partial charge in [0.25, 0.3) is 0 Å². The predicted molar refractivity (Wildman–Crippen MR) is 125 cm³/mol. The van der Waals surface area contributed by atoms with E-state index in [1.807, 2.05) is 13.0 Å². The first-order valence-electron chi connectivity index (χ1n) is 11.7. The molecule has 6 heteroatoms. The molecule has 0 aromatic heterocycles. The lowest BCUT2D eigenvalue weighted by Crippen LogP contribution is -2.20. The number of hydrogen-bond donors (Lipinski definition) is 1. The fraction of sp³-hybridized carbons (Fsp3) is 0.357. The molecule has 1 fully saturated rings. The van der Waals surface area contributed by atoms with E-state index in [1.165, 1.54) is 36.4 Å². The van der Waals surface area contributed by atoms with E-state index >= 15 is 0 Å². The highest BCUT2D eigenvalue weighted by Gasteiger charge is 2.24. The van der Waals surface area contributed by atoms with Crippen LogP contribution in [0, 0.1) is 23.4 Å². The van der Waals surface area contributed by atoms with Crippen LogP contribution in [-0.2, 0) is 11.3 Å². The monoisotopic (exact) mass is 470 g/mol. The summed E-state index contributed by atoms with van der Waals surface area (Å²) in [5, 5.41) is 9.39. The molecule has 3 nitrogen and oxygen atoms in total. The average molecular weight is 471 g/mol. The van der Waals surface area contributed by atoms with Crippen LogP contribution in [0.25, 0.3) is 11.1 Å². The molecule has 0 atom stereocenters. The Morgan fingerprint density at radius 2 is 1.62 bits per heavy atom. The van der Waals surface area contributed by atoms with Gasteiger partial charge in [0.05, 0.1) is 13.2 Å². The van der Waals surface area contributed by atoms with Crippen molar-refractivity contribution in [3.8, 4) is 22.6 Å². The topological polar surface area (TPSA) is 38.7 Å². The zero-order valence-electron chi connectivity index (χ0n) is 19.2. The molecule has 34 heavy (non-hydrogen) atoms. The standard InChI is InChI=1S/C28H29F3O3/c1-2-33-17-22-8-7-21(15-25(22)29)19-5-3-18(4-6-19)16-34-26-14-13-24(27(30)28(26)31)20-9-11-23(32)12-10-20/h7-15,18-19,32H,2-6,16-17H2,1H3. The molecule has 0 unspecified atom stereocenters. The van der Waals surface area contributed by atoms with Crippen LogP contribution in [0.4, 0.5) is 13.2 Å². The van der Waals surface area contributed by atoms with Gasteiger partial charge in [-0.3, -0.25) is 0 Å². The van der Waals surface area contributed by atoms with Crippen LogP contribution in [0.5, 0.6) is 11.5 Å². The van der Waals surface area contributed by atoms with Crippen LogP contribution >= 0.6 is 0 Å². The lowest BCUT2D eigenvalue weighted by atomic mass is 9.79. The summed E-state index contributed by atoms with van der Waals surface area (Å²) in [5.74, 6) is -1.74. The molecule has 0 spiro atoms. The number of hydrogen-bond acceptors (Lipinski definition) is 3. The van der Waals surface area contributed by atoms with Crippen LogP contribution in [-0.4, -0.2) is 18.3 Å². The molecule has 180 valence electrons. The Morgan fingerprint density at radius 1 is 0.882 bits per heavy atom. The van der Waals surface area contributed by atoms with Gasteiger partial charge in [-0.05, 0) is 85.9 Å². The Bertz CT molecular complexity index is 1110. The number of ether oxygens (including phenoxy) is 2. The molecule has 0 saturated heterocycles. The SMILES string of the molecule is CCOCc1ccc(C2CCC(COc3ccc(-c4ccc(O)cc4)c(F)c3F)CC2)cc1F. The molecule has 1 saturated carbocycles. The van der Waals surface area contributed by atoms with Gasteiger partial charge in [0.1, 0.15) is 11.6 Å². The maximum Gasteiger partial charge on any atom is 0.201 e. The van der Waals surface area contributed by atoms with Crippen molar-refractivity contribution in [3.63, 3.8) is 0 Å². The molecular weight excluding hydrogens is 441 g/mol. The molecule has 0 aliphatic heterocycles. The fourth-order valence-electron chi connectivity index (χ4n) is 4.52. The molecule has 0 heterocycles. The first-order valence-corrected chi connectivity index (χ1v) is 11.7. The summed E-state index contributed by atoms with van der Waals surface area (Å²) in [5.41, 5.74) is 2.15. The number of rotatable bonds is 8. The first kappa shape index (κ1) is 24.1. The minimum atomic E-state index is -1.01. The number of phenolic OH excluding ortho intramolecular Hbond substituents is 1. The Labute approximate surface area is 198 Å². The quantitative estimate of drug-likeness (QED) is 0.374. The highest BCUT2D eigenvalue weighted by molar-refractivity contribution is 5.66. The van der Waals surface area contributed by atoms with E-state index in [-0.39, 0.29) is 41.3 Å². The van der Waals surface area contributed by atoms with Crippen LogP contribution in [0.3, 0.4) is 0 Å². The van der Waals surface area contributed by atoms with Gasteiger partial charge in [-0.2, -0.15) is 4.39 Å². The van der Waals surface area contributed by atoms with Gasteiger partial charge in [0.15, 0.2) is 11.6 Å². The minimum absolute atomic E-state index is 0.0584. The minimum Gasteiger partial charge on any atom is -0.508 e. The summed E-state index contributed by atoms with van der Waals surface area (Å²) < 4.78 is 54.6. The van der Waals surface area contributed by atoms with Crippen molar-refractivity contribution >= 4 is 0 Å². The van der Waals surface area contributed by atoms with E-state index in [9.17, 15) is 18.3 Å². The van der Waals surface area contributed by atoms with Gasteiger partial charge in [-0.1, -0.05) is 24.3 Å². The van der Waals surface area contributed by atoms with E-state index in [0.29, 0.717) is 24.3 Å². The second kappa shape index (κ2) is 11.0. The summed E-state index contributed by atoms with van der Waals surface area (Å²) in [6.45, 7) is 3.02. The number of aromatic hydroxyl groups is 1. The number of phenols is 1. The molecule has 1 aliphatic rings. The highest BCUT2D eigenvalue weighted by atomic mass is 19.2. The maximum absolute atomic E-state index is 14.6. The number of benzene rings is 3. The summed E-state index contributed by atoms with van der Waals surface area (Å²) >= 11 is 0. The van der Waals surface area contributed by atoms with E-state index < -0.39 is 11.6 Å². The number of halogens is 3. The molecule has 3 aromatic carbocycles. The van der Waals surface area contributed by atoms with E-state index in [2.05, 4.69) is 0 Å². The normalized spacial score (nSPS) is 18.1. The highest BCUT2D eigenvalue weighted by Crippen LogP contribution is 2.37. The van der Waals surface area contributed by atoms with Gasteiger partial charge in [-0.25, -0.2) is 8.78 Å². The van der Waals surface area contributed by atoms with Gasteiger partial charge >= 0.3 is 0 Å². The van der Waals surface area contributed by atoms with Crippen molar-refractivity contribution in [2.45, 2.75) is 45.1 Å². The second-order valence-corrected chi connectivity index (χ2v) is 8.80. The lowest BCUT2D eigenvalue weighted by molar-refractivity contribution is 0.131. The molecule has 0 amide bonds. The smallest absolute Gasteiger partial charge is 0.201 e. The van der Waals surface area contributed by atoms with Crippen molar-refractivity contribution in [3.05, 3.63) is 83.2 Å². The Balaban J connectivity index is 1.32. The lowest BCUT2D eigenvalue weighted by Gasteiger charge is -2.29. The molecule has 3 aromatic rings. The van der Waals surface area contributed by atoms with Gasteiger partial charge < -0.3 is 14.6 Å². The largest absolute Gasteiger partial charge is 0.508 e. The fourth-order valence-corrected chi connectivity index (χ4v) is 4.52. The third-order valence-electron chi connectivity index (χ3n) is 6.56. The van der Waals surface area contributed by atoms with Crippen molar-refractivity contribution in [2.24, 2.45) is 5.92 Å². The Kier molecular flexibility index (Phi) is 7.78. The van der Waals surface area contributed by atoms with E-state index in [0.717, 1.165) is 31.2 Å². The molecule has 1 N–H and O–H groups in total. The Hall–Kier alpha value is -2.99. The summed E-state index contributed by atoms with van der Waals surface area (Å²) in [7, 11) is 0. The molecular formula is C28H29F3O3. The molecule has 4 rings (SSSR count).